The minimum Gasteiger partial charge on any atom is -0.497 e. The Hall–Kier alpha value is -2.87. The number of rotatable bonds is 14. The van der Waals surface area contributed by atoms with Gasteiger partial charge in [-0.1, -0.05) is 67.4 Å². The number of hydrogen-bond acceptors (Lipinski definition) is 5. The zero-order valence-electron chi connectivity index (χ0n) is 22.4. The monoisotopic (exact) mass is 520 g/mol. The van der Waals surface area contributed by atoms with Crippen molar-refractivity contribution in [2.75, 3.05) is 54.0 Å². The van der Waals surface area contributed by atoms with Crippen LogP contribution in [0.1, 0.15) is 23.6 Å². The van der Waals surface area contributed by atoms with Gasteiger partial charge in [-0.15, -0.1) is 6.42 Å². The molecule has 196 valence electrons. The first-order chi connectivity index (χ1) is 17.9. The molecule has 0 saturated heterocycles. The van der Waals surface area contributed by atoms with Gasteiger partial charge in [-0.25, -0.2) is 0 Å². The van der Waals surface area contributed by atoms with Gasteiger partial charge in [-0.3, -0.25) is 0 Å². The van der Waals surface area contributed by atoms with Crippen molar-refractivity contribution in [2.24, 2.45) is 5.41 Å². The highest BCUT2D eigenvalue weighted by Crippen LogP contribution is 2.43. The minimum atomic E-state index is -0.906. The van der Waals surface area contributed by atoms with E-state index in [9.17, 15) is 0 Å². The van der Waals surface area contributed by atoms with E-state index < -0.39 is 19.2 Å². The fourth-order valence-electron chi connectivity index (χ4n) is 4.12. The van der Waals surface area contributed by atoms with Crippen molar-refractivity contribution in [3.05, 3.63) is 95.6 Å². The Morgan fingerprint density at radius 1 is 0.730 bits per heavy atom. The molecule has 3 aromatic carbocycles. The van der Waals surface area contributed by atoms with Gasteiger partial charge in [0.05, 0.1) is 34.0 Å². The number of hydrogen-bond donors (Lipinski definition) is 0. The Balaban J connectivity index is 2.13. The van der Waals surface area contributed by atoms with E-state index in [0.29, 0.717) is 19.8 Å². The molecule has 0 heterocycles. The third-order valence-electron chi connectivity index (χ3n) is 6.12. The van der Waals surface area contributed by atoms with Gasteiger partial charge in [-0.05, 0) is 54.3 Å². The van der Waals surface area contributed by atoms with E-state index in [1.807, 2.05) is 42.5 Å². The van der Waals surface area contributed by atoms with Crippen molar-refractivity contribution in [3.8, 4) is 23.8 Å². The van der Waals surface area contributed by atoms with Gasteiger partial charge < -0.3 is 23.5 Å². The average Bonchev–Trinajstić information content (AvgIpc) is 2.94. The van der Waals surface area contributed by atoms with Crippen molar-refractivity contribution in [1.29, 1.82) is 0 Å². The summed E-state index contributed by atoms with van der Waals surface area (Å²) in [6.45, 7) is 7.80. The van der Waals surface area contributed by atoms with Crippen LogP contribution in [0.5, 0.6) is 11.5 Å². The van der Waals surface area contributed by atoms with Crippen molar-refractivity contribution >= 4 is 8.15 Å². The SMILES string of the molecule is C#CCOCC(C)(COP(C)C)COC(c1ccccc1)(c1ccc(OC)cc1)c1ccc(OC)cc1. The summed E-state index contributed by atoms with van der Waals surface area (Å²) < 4.78 is 29.9. The maximum Gasteiger partial charge on any atom is 0.143 e. The summed E-state index contributed by atoms with van der Waals surface area (Å²) in [6.07, 6.45) is 5.44. The zero-order valence-corrected chi connectivity index (χ0v) is 23.3. The summed E-state index contributed by atoms with van der Waals surface area (Å²) in [6, 6.07) is 26.3. The normalized spacial score (nSPS) is 13.1. The van der Waals surface area contributed by atoms with Gasteiger partial charge in [0.15, 0.2) is 0 Å². The van der Waals surface area contributed by atoms with E-state index in [2.05, 4.69) is 62.6 Å². The van der Waals surface area contributed by atoms with Crippen LogP contribution in [0.3, 0.4) is 0 Å². The highest BCUT2D eigenvalue weighted by atomic mass is 31.1. The van der Waals surface area contributed by atoms with E-state index in [1.54, 1.807) is 14.2 Å². The molecule has 37 heavy (non-hydrogen) atoms. The van der Waals surface area contributed by atoms with Crippen molar-refractivity contribution < 1.29 is 23.5 Å². The molecule has 1 atom stereocenters. The maximum absolute atomic E-state index is 7.08. The molecule has 0 bridgehead atoms. The van der Waals surface area contributed by atoms with Gasteiger partial charge in [0.2, 0.25) is 0 Å². The quantitative estimate of drug-likeness (QED) is 0.107. The molecule has 0 spiro atoms. The van der Waals surface area contributed by atoms with Crippen LogP contribution in [0.15, 0.2) is 78.9 Å². The second-order valence-corrected chi connectivity index (χ2v) is 11.3. The molecule has 0 aromatic heterocycles. The van der Waals surface area contributed by atoms with Crippen LogP contribution < -0.4 is 9.47 Å². The predicted molar refractivity (Wildman–Crippen MR) is 151 cm³/mol. The smallest absolute Gasteiger partial charge is 0.143 e. The summed E-state index contributed by atoms with van der Waals surface area (Å²) in [7, 11) is 2.78. The summed E-state index contributed by atoms with van der Waals surface area (Å²) in [5.41, 5.74) is 1.63. The maximum atomic E-state index is 7.08. The van der Waals surface area contributed by atoms with E-state index in [1.165, 1.54) is 0 Å². The van der Waals surface area contributed by atoms with Crippen molar-refractivity contribution in [3.63, 3.8) is 0 Å². The fraction of sp³-hybridized carbons (Fsp3) is 0.355. The summed E-state index contributed by atoms with van der Waals surface area (Å²) in [5.74, 6) is 4.11. The van der Waals surface area contributed by atoms with Gasteiger partial charge in [0, 0.05) is 13.6 Å². The van der Waals surface area contributed by atoms with Gasteiger partial charge >= 0.3 is 0 Å². The molecule has 0 aliphatic rings. The molecule has 0 radical (unpaired) electrons. The van der Waals surface area contributed by atoms with Crippen LogP contribution in [0, 0.1) is 17.8 Å². The topological polar surface area (TPSA) is 46.2 Å². The lowest BCUT2D eigenvalue weighted by atomic mass is 9.79. The van der Waals surface area contributed by atoms with Crippen LogP contribution in [-0.2, 0) is 19.6 Å². The Morgan fingerprint density at radius 2 is 1.24 bits per heavy atom. The molecule has 0 aliphatic heterocycles. The highest BCUT2D eigenvalue weighted by Gasteiger charge is 2.40. The van der Waals surface area contributed by atoms with Gasteiger partial charge in [0.1, 0.15) is 23.7 Å². The highest BCUT2D eigenvalue weighted by molar-refractivity contribution is 7.50. The Kier molecular flexibility index (Phi) is 10.6. The van der Waals surface area contributed by atoms with Crippen molar-refractivity contribution in [2.45, 2.75) is 12.5 Å². The number of benzene rings is 3. The molecule has 0 saturated carbocycles. The third-order valence-corrected chi connectivity index (χ3v) is 6.76. The van der Waals surface area contributed by atoms with Gasteiger partial charge in [0.25, 0.3) is 0 Å². The molecule has 0 aliphatic carbocycles. The largest absolute Gasteiger partial charge is 0.497 e. The standard InChI is InChI=1S/C31H37O5P/c1-7-21-34-22-30(2,24-36-37(5)6)23-35-31(25-11-9-8-10-12-25,26-13-17-28(32-3)18-14-26)27-15-19-29(33-4)20-16-27/h1,8-20H,21-24H2,2-6H3. The molecule has 0 amide bonds. The third kappa shape index (κ3) is 7.34. The predicted octanol–water partition coefficient (Wildman–Crippen LogP) is 6.34. The lowest BCUT2D eigenvalue weighted by Crippen LogP contribution is -2.40. The number of ether oxygens (including phenoxy) is 4. The van der Waals surface area contributed by atoms with Crippen LogP contribution in [0.4, 0.5) is 0 Å². The molecule has 3 rings (SSSR count). The van der Waals surface area contributed by atoms with E-state index in [4.69, 9.17) is 29.9 Å². The molecule has 5 nitrogen and oxygen atoms in total. The summed E-state index contributed by atoms with van der Waals surface area (Å²) in [4.78, 5) is 0. The van der Waals surface area contributed by atoms with E-state index in [-0.39, 0.29) is 6.61 Å². The van der Waals surface area contributed by atoms with Crippen LogP contribution >= 0.6 is 8.15 Å². The van der Waals surface area contributed by atoms with Crippen molar-refractivity contribution in [1.82, 2.24) is 0 Å². The van der Waals surface area contributed by atoms with Gasteiger partial charge in [-0.2, -0.15) is 0 Å². The number of methoxy groups -OCH3 is 2. The Bertz CT molecular complexity index is 1080. The molecule has 6 heteroatoms. The Morgan fingerprint density at radius 3 is 1.70 bits per heavy atom. The molecule has 3 aromatic rings. The molecular weight excluding hydrogens is 483 g/mol. The first-order valence-corrected chi connectivity index (χ1v) is 14.3. The Labute approximate surface area is 222 Å². The first-order valence-electron chi connectivity index (χ1n) is 12.2. The zero-order chi connectivity index (χ0) is 26.7. The molecular formula is C31H37O5P. The minimum absolute atomic E-state index is 0.239. The van der Waals surface area contributed by atoms with Crippen LogP contribution in [0.25, 0.3) is 0 Å². The fourth-order valence-corrected chi connectivity index (χ4v) is 4.69. The second-order valence-electron chi connectivity index (χ2n) is 9.39. The number of terminal acetylenes is 1. The lowest BCUT2D eigenvalue weighted by Gasteiger charge is -2.40. The van der Waals surface area contributed by atoms with E-state index >= 15 is 0 Å². The first kappa shape index (κ1) is 28.7. The van der Waals surface area contributed by atoms with E-state index in [0.717, 1.165) is 28.2 Å². The lowest BCUT2D eigenvalue weighted by molar-refractivity contribution is -0.0743. The average molecular weight is 521 g/mol. The summed E-state index contributed by atoms with van der Waals surface area (Å²) in [5, 5.41) is 0. The second kappa shape index (κ2) is 13.6. The molecule has 1 unspecified atom stereocenters. The molecule has 0 N–H and O–H groups in total. The molecule has 0 fully saturated rings. The van der Waals surface area contributed by atoms with Crippen LogP contribution in [-0.4, -0.2) is 54.0 Å². The summed E-state index contributed by atoms with van der Waals surface area (Å²) >= 11 is 0. The van der Waals surface area contributed by atoms with Crippen LogP contribution in [0.2, 0.25) is 0 Å².